The van der Waals surface area contributed by atoms with Gasteiger partial charge in [0.25, 0.3) is 0 Å². The van der Waals surface area contributed by atoms with E-state index in [0.717, 1.165) is 35.7 Å². The summed E-state index contributed by atoms with van der Waals surface area (Å²) in [5.41, 5.74) is 8.55. The fraction of sp³-hybridized carbons (Fsp3) is 0.357. The van der Waals surface area contributed by atoms with Crippen LogP contribution >= 0.6 is 0 Å². The van der Waals surface area contributed by atoms with E-state index in [4.69, 9.17) is 5.73 Å². The molecule has 3 N–H and O–H groups in total. The van der Waals surface area contributed by atoms with Gasteiger partial charge in [0.2, 0.25) is 5.91 Å². The number of hydrogen-bond acceptors (Lipinski definition) is 1. The molecule has 18 heavy (non-hydrogen) atoms. The second-order valence-corrected chi connectivity index (χ2v) is 5.05. The minimum atomic E-state index is -0.255. The molecule has 1 aromatic carbocycles. The molecule has 4 heteroatoms. The van der Waals surface area contributed by atoms with Crippen molar-refractivity contribution in [3.63, 3.8) is 0 Å². The molecule has 0 saturated carbocycles. The van der Waals surface area contributed by atoms with Crippen LogP contribution in [0.25, 0.3) is 10.9 Å². The molecule has 1 aliphatic carbocycles. The van der Waals surface area contributed by atoms with Gasteiger partial charge in [0, 0.05) is 23.0 Å². The molecule has 1 amide bonds. The molecule has 0 aliphatic heterocycles. The van der Waals surface area contributed by atoms with Gasteiger partial charge in [-0.3, -0.25) is 4.79 Å². The summed E-state index contributed by atoms with van der Waals surface area (Å²) in [4.78, 5) is 14.3. The Balaban J connectivity index is 2.00. The summed E-state index contributed by atoms with van der Waals surface area (Å²) in [5, 5.41) is 0.944. The van der Waals surface area contributed by atoms with E-state index in [2.05, 4.69) is 4.98 Å². The first-order valence-electron chi connectivity index (χ1n) is 6.21. The average Bonchev–Trinajstić information content (AvgIpc) is 2.66. The maximum atomic E-state index is 13.3. The lowest BCUT2D eigenvalue weighted by atomic mass is 9.84. The van der Waals surface area contributed by atoms with Gasteiger partial charge in [-0.05, 0) is 48.9 Å². The minimum absolute atomic E-state index is 0.221. The molecule has 3 rings (SSSR count). The van der Waals surface area contributed by atoms with Gasteiger partial charge in [-0.1, -0.05) is 0 Å². The number of carbonyl (C=O) groups excluding carboxylic acids is 1. The van der Waals surface area contributed by atoms with Gasteiger partial charge in [0.15, 0.2) is 0 Å². The number of primary amides is 1. The van der Waals surface area contributed by atoms with Crippen molar-refractivity contribution in [2.75, 3.05) is 0 Å². The smallest absolute Gasteiger partial charge is 0.217 e. The molecule has 94 valence electrons. The minimum Gasteiger partial charge on any atom is -0.370 e. The average molecular weight is 246 g/mol. The van der Waals surface area contributed by atoms with Crippen molar-refractivity contribution in [2.45, 2.75) is 25.7 Å². The highest BCUT2D eigenvalue weighted by Gasteiger charge is 2.23. The van der Waals surface area contributed by atoms with Crippen molar-refractivity contribution in [2.24, 2.45) is 11.7 Å². The highest BCUT2D eigenvalue weighted by molar-refractivity contribution is 5.85. The Hall–Kier alpha value is -1.84. The van der Waals surface area contributed by atoms with E-state index in [-0.39, 0.29) is 17.6 Å². The maximum Gasteiger partial charge on any atom is 0.217 e. The Morgan fingerprint density at radius 1 is 1.50 bits per heavy atom. The van der Waals surface area contributed by atoms with Crippen LogP contribution in [0.4, 0.5) is 4.39 Å². The molecule has 0 unspecified atom stereocenters. The number of halogens is 1. The summed E-state index contributed by atoms with van der Waals surface area (Å²) in [7, 11) is 0. The summed E-state index contributed by atoms with van der Waals surface area (Å²) in [6, 6.07) is 4.80. The molecular weight excluding hydrogens is 231 g/mol. The van der Waals surface area contributed by atoms with Crippen molar-refractivity contribution >= 4 is 16.8 Å². The number of benzene rings is 1. The first kappa shape index (κ1) is 11.3. The quantitative estimate of drug-likeness (QED) is 0.839. The predicted octanol–water partition coefficient (Wildman–Crippen LogP) is 2.29. The number of H-pyrrole nitrogens is 1. The van der Waals surface area contributed by atoms with Crippen molar-refractivity contribution in [1.82, 2.24) is 4.98 Å². The molecule has 0 saturated heterocycles. The summed E-state index contributed by atoms with van der Waals surface area (Å²) in [6.07, 6.45) is 3.10. The van der Waals surface area contributed by atoms with E-state index in [0.29, 0.717) is 6.42 Å². The Kier molecular flexibility index (Phi) is 2.58. The van der Waals surface area contributed by atoms with Crippen LogP contribution in [-0.4, -0.2) is 10.9 Å². The van der Waals surface area contributed by atoms with Crippen molar-refractivity contribution < 1.29 is 9.18 Å². The lowest BCUT2D eigenvalue weighted by Crippen LogP contribution is -2.21. The number of amides is 1. The summed E-state index contributed by atoms with van der Waals surface area (Å²) in [6.45, 7) is 0. The number of carbonyl (C=O) groups is 1. The number of nitrogens with one attached hydrogen (secondary N) is 1. The van der Waals surface area contributed by atoms with Crippen LogP contribution in [0.1, 0.15) is 24.1 Å². The molecule has 1 heterocycles. The molecule has 1 atom stereocenters. The van der Waals surface area contributed by atoms with Gasteiger partial charge < -0.3 is 10.7 Å². The zero-order valence-corrected chi connectivity index (χ0v) is 10.0. The van der Waals surface area contributed by atoms with Gasteiger partial charge in [0.05, 0.1) is 0 Å². The van der Waals surface area contributed by atoms with E-state index in [1.807, 2.05) is 0 Å². The second-order valence-electron chi connectivity index (χ2n) is 5.05. The van der Waals surface area contributed by atoms with E-state index in [1.54, 1.807) is 12.1 Å². The predicted molar refractivity (Wildman–Crippen MR) is 67.6 cm³/mol. The van der Waals surface area contributed by atoms with Crippen molar-refractivity contribution in [1.29, 1.82) is 0 Å². The first-order valence-corrected chi connectivity index (χ1v) is 6.21. The topological polar surface area (TPSA) is 58.9 Å². The molecule has 0 spiro atoms. The molecule has 0 bridgehead atoms. The zero-order valence-electron chi connectivity index (χ0n) is 10.0. The summed E-state index contributed by atoms with van der Waals surface area (Å²) < 4.78 is 13.3. The Morgan fingerprint density at radius 2 is 2.33 bits per heavy atom. The van der Waals surface area contributed by atoms with Crippen LogP contribution in [0.2, 0.25) is 0 Å². The number of aromatic amines is 1. The third-order valence-corrected chi connectivity index (χ3v) is 3.74. The van der Waals surface area contributed by atoms with Gasteiger partial charge in [0.1, 0.15) is 5.82 Å². The fourth-order valence-corrected chi connectivity index (χ4v) is 2.92. The molecule has 2 aromatic rings. The molecule has 1 aromatic heterocycles. The van der Waals surface area contributed by atoms with Crippen molar-refractivity contribution in [3.05, 3.63) is 35.3 Å². The Morgan fingerprint density at radius 3 is 3.11 bits per heavy atom. The van der Waals surface area contributed by atoms with Crippen LogP contribution < -0.4 is 5.73 Å². The van der Waals surface area contributed by atoms with Crippen LogP contribution in [0, 0.1) is 11.7 Å². The van der Waals surface area contributed by atoms with Crippen LogP contribution in [-0.2, 0) is 17.6 Å². The van der Waals surface area contributed by atoms with Gasteiger partial charge in [-0.25, -0.2) is 4.39 Å². The van der Waals surface area contributed by atoms with Gasteiger partial charge >= 0.3 is 0 Å². The lowest BCUT2D eigenvalue weighted by Gasteiger charge is -2.21. The largest absolute Gasteiger partial charge is 0.370 e. The van der Waals surface area contributed by atoms with E-state index in [9.17, 15) is 9.18 Å². The SMILES string of the molecule is NC(=O)C[C@H]1CCc2[nH]c3ccc(F)cc3c2C1. The summed E-state index contributed by atoms with van der Waals surface area (Å²) in [5.74, 6) is -0.187. The molecular formula is C14H15FN2O. The number of aromatic nitrogens is 1. The van der Waals surface area contributed by atoms with Crippen molar-refractivity contribution in [3.8, 4) is 0 Å². The number of hydrogen-bond donors (Lipinski definition) is 2. The van der Waals surface area contributed by atoms with E-state index >= 15 is 0 Å². The zero-order chi connectivity index (χ0) is 12.7. The lowest BCUT2D eigenvalue weighted by molar-refractivity contribution is -0.119. The van der Waals surface area contributed by atoms with Crippen LogP contribution in [0.5, 0.6) is 0 Å². The third-order valence-electron chi connectivity index (χ3n) is 3.74. The van der Waals surface area contributed by atoms with E-state index < -0.39 is 0 Å². The normalized spacial score (nSPS) is 18.8. The monoisotopic (exact) mass is 246 g/mol. The highest BCUT2D eigenvalue weighted by atomic mass is 19.1. The van der Waals surface area contributed by atoms with Gasteiger partial charge in [-0.15, -0.1) is 0 Å². The Bertz CT molecular complexity index is 618. The number of fused-ring (bicyclic) bond motifs is 3. The van der Waals surface area contributed by atoms with Gasteiger partial charge in [-0.2, -0.15) is 0 Å². The molecule has 1 aliphatic rings. The molecule has 0 fully saturated rings. The van der Waals surface area contributed by atoms with E-state index in [1.165, 1.54) is 11.8 Å². The fourth-order valence-electron chi connectivity index (χ4n) is 2.92. The van der Waals surface area contributed by atoms with Crippen LogP contribution in [0.15, 0.2) is 18.2 Å². The van der Waals surface area contributed by atoms with Crippen LogP contribution in [0.3, 0.4) is 0 Å². The second kappa shape index (κ2) is 4.12. The Labute approximate surface area is 104 Å². The number of rotatable bonds is 2. The standard InChI is InChI=1S/C14H15FN2O/c15-9-2-4-13-11(7-9)10-5-8(6-14(16)18)1-3-12(10)17-13/h2,4,7-8,17H,1,3,5-6H2,(H2,16,18)/t8-/m0/s1. The first-order chi connectivity index (χ1) is 8.63. The summed E-state index contributed by atoms with van der Waals surface area (Å²) >= 11 is 0. The number of nitrogens with two attached hydrogens (primary N) is 1. The maximum absolute atomic E-state index is 13.3. The number of aryl methyl sites for hydroxylation is 1. The molecule has 0 radical (unpaired) electrons. The highest BCUT2D eigenvalue weighted by Crippen LogP contribution is 2.33. The molecule has 3 nitrogen and oxygen atoms in total. The third kappa shape index (κ3) is 1.88.